The summed E-state index contributed by atoms with van der Waals surface area (Å²) < 4.78 is 4.06. The van der Waals surface area contributed by atoms with E-state index in [0.29, 0.717) is 18.1 Å². The van der Waals surface area contributed by atoms with Crippen molar-refractivity contribution in [1.29, 1.82) is 0 Å². The van der Waals surface area contributed by atoms with Gasteiger partial charge in [0.15, 0.2) is 0 Å². The summed E-state index contributed by atoms with van der Waals surface area (Å²) in [6, 6.07) is 17.0. The van der Waals surface area contributed by atoms with Gasteiger partial charge < -0.3 is 4.57 Å². The van der Waals surface area contributed by atoms with Crippen molar-refractivity contribution in [1.82, 2.24) is 29.1 Å². The molecule has 0 aliphatic heterocycles. The van der Waals surface area contributed by atoms with E-state index in [2.05, 4.69) is 93.3 Å². The number of hydrogen-bond acceptors (Lipinski definition) is 4. The van der Waals surface area contributed by atoms with Gasteiger partial charge in [0.1, 0.15) is 11.6 Å². The first-order valence-corrected chi connectivity index (χ1v) is 10.9. The molecule has 0 unspecified atom stereocenters. The standard InChI is InChI=1S/C26H26N6/c1-17(2)22-7-5-6-8-23(22)21-14-27-26-30-29-24(32(26)16-21)13-19-9-11-20(12-10-19)25-28-18(3)15-31(25)4/h5-12,14-17H,13H2,1-4H3. The van der Waals surface area contributed by atoms with Crippen LogP contribution in [0.25, 0.3) is 28.3 Å². The van der Waals surface area contributed by atoms with E-state index in [9.17, 15) is 0 Å². The number of fused-ring (bicyclic) bond motifs is 1. The van der Waals surface area contributed by atoms with Gasteiger partial charge in [-0.2, -0.15) is 0 Å². The zero-order valence-electron chi connectivity index (χ0n) is 18.8. The molecule has 5 rings (SSSR count). The number of aryl methyl sites for hydroxylation is 2. The van der Waals surface area contributed by atoms with Crippen molar-refractivity contribution in [2.24, 2.45) is 7.05 Å². The second-order valence-corrected chi connectivity index (χ2v) is 8.56. The van der Waals surface area contributed by atoms with Crippen LogP contribution in [0, 0.1) is 6.92 Å². The molecule has 160 valence electrons. The Morgan fingerprint density at radius 3 is 2.41 bits per heavy atom. The normalized spacial score (nSPS) is 11.5. The van der Waals surface area contributed by atoms with Crippen LogP contribution in [-0.2, 0) is 13.5 Å². The van der Waals surface area contributed by atoms with Crippen molar-refractivity contribution in [3.8, 4) is 22.5 Å². The lowest BCUT2D eigenvalue weighted by Crippen LogP contribution is -2.00. The van der Waals surface area contributed by atoms with Crippen LogP contribution in [0.2, 0.25) is 0 Å². The van der Waals surface area contributed by atoms with Gasteiger partial charge in [0.2, 0.25) is 0 Å². The van der Waals surface area contributed by atoms with Crippen molar-refractivity contribution in [3.05, 3.63) is 89.8 Å². The van der Waals surface area contributed by atoms with Crippen molar-refractivity contribution >= 4 is 5.78 Å². The van der Waals surface area contributed by atoms with E-state index in [1.54, 1.807) is 0 Å². The predicted molar refractivity (Wildman–Crippen MR) is 126 cm³/mol. The highest BCUT2D eigenvalue weighted by Gasteiger charge is 2.13. The van der Waals surface area contributed by atoms with Crippen molar-refractivity contribution in [3.63, 3.8) is 0 Å². The first-order chi connectivity index (χ1) is 15.5. The van der Waals surface area contributed by atoms with E-state index in [4.69, 9.17) is 0 Å². The number of benzene rings is 2. The minimum absolute atomic E-state index is 0.434. The Labute approximate surface area is 187 Å². The highest BCUT2D eigenvalue weighted by Crippen LogP contribution is 2.29. The summed E-state index contributed by atoms with van der Waals surface area (Å²) >= 11 is 0. The molecule has 0 radical (unpaired) electrons. The predicted octanol–water partition coefficient (Wildman–Crippen LogP) is 5.21. The topological polar surface area (TPSA) is 60.9 Å². The van der Waals surface area contributed by atoms with Crippen LogP contribution < -0.4 is 0 Å². The molecule has 32 heavy (non-hydrogen) atoms. The molecule has 0 fully saturated rings. The largest absolute Gasteiger partial charge is 0.334 e. The maximum absolute atomic E-state index is 4.61. The number of imidazole rings is 1. The van der Waals surface area contributed by atoms with E-state index in [1.807, 2.05) is 30.8 Å². The summed E-state index contributed by atoms with van der Waals surface area (Å²) in [6.07, 6.45) is 6.70. The van der Waals surface area contributed by atoms with Gasteiger partial charge in [-0.15, -0.1) is 10.2 Å². The molecule has 0 saturated heterocycles. The van der Waals surface area contributed by atoms with E-state index in [-0.39, 0.29) is 0 Å². The molecule has 0 spiro atoms. The van der Waals surface area contributed by atoms with Crippen molar-refractivity contribution < 1.29 is 0 Å². The molecule has 0 amide bonds. The first-order valence-electron chi connectivity index (χ1n) is 10.9. The molecule has 0 bridgehead atoms. The molecule has 0 aliphatic carbocycles. The average molecular weight is 423 g/mol. The van der Waals surface area contributed by atoms with E-state index < -0.39 is 0 Å². The Kier molecular flexibility index (Phi) is 5.05. The molecular weight excluding hydrogens is 396 g/mol. The number of rotatable bonds is 5. The third-order valence-electron chi connectivity index (χ3n) is 5.80. The van der Waals surface area contributed by atoms with E-state index in [1.165, 1.54) is 16.7 Å². The lowest BCUT2D eigenvalue weighted by atomic mass is 9.94. The van der Waals surface area contributed by atoms with Gasteiger partial charge >= 0.3 is 0 Å². The zero-order valence-corrected chi connectivity index (χ0v) is 18.8. The fourth-order valence-corrected chi connectivity index (χ4v) is 4.20. The van der Waals surface area contributed by atoms with Crippen molar-refractivity contribution in [2.45, 2.75) is 33.1 Å². The van der Waals surface area contributed by atoms with Crippen LogP contribution in [-0.4, -0.2) is 29.1 Å². The lowest BCUT2D eigenvalue weighted by Gasteiger charge is -2.12. The highest BCUT2D eigenvalue weighted by atomic mass is 15.3. The molecule has 2 aromatic carbocycles. The Morgan fingerprint density at radius 1 is 0.906 bits per heavy atom. The molecule has 6 nitrogen and oxygen atoms in total. The third kappa shape index (κ3) is 3.68. The molecule has 0 aliphatic rings. The molecule has 3 heterocycles. The van der Waals surface area contributed by atoms with Gasteiger partial charge in [0.25, 0.3) is 5.78 Å². The smallest absolute Gasteiger partial charge is 0.254 e. The van der Waals surface area contributed by atoms with Gasteiger partial charge in [-0.1, -0.05) is 62.4 Å². The van der Waals surface area contributed by atoms with Gasteiger partial charge in [0.05, 0.1) is 5.69 Å². The summed E-state index contributed by atoms with van der Waals surface area (Å²) in [6.45, 7) is 6.44. The van der Waals surface area contributed by atoms with Crippen molar-refractivity contribution in [2.75, 3.05) is 0 Å². The fraction of sp³-hybridized carbons (Fsp3) is 0.231. The molecular formula is C26H26N6. The Balaban J connectivity index is 1.47. The monoisotopic (exact) mass is 422 g/mol. The summed E-state index contributed by atoms with van der Waals surface area (Å²) in [7, 11) is 2.02. The van der Waals surface area contributed by atoms with Crippen LogP contribution in [0.4, 0.5) is 0 Å². The molecule has 0 atom stereocenters. The molecule has 3 aromatic heterocycles. The minimum Gasteiger partial charge on any atom is -0.334 e. The van der Waals surface area contributed by atoms with Crippen LogP contribution in [0.1, 0.15) is 42.4 Å². The molecule has 6 heteroatoms. The lowest BCUT2D eigenvalue weighted by molar-refractivity contribution is 0.868. The number of hydrogen-bond donors (Lipinski definition) is 0. The van der Waals surface area contributed by atoms with Crippen LogP contribution >= 0.6 is 0 Å². The van der Waals surface area contributed by atoms with Crippen LogP contribution in [0.3, 0.4) is 0 Å². The summed E-state index contributed by atoms with van der Waals surface area (Å²) in [5.74, 6) is 2.89. The SMILES string of the molecule is Cc1cn(C)c(-c2ccc(Cc3nnc4ncc(-c5ccccc5C(C)C)cn34)cc2)n1. The Morgan fingerprint density at radius 2 is 1.69 bits per heavy atom. The second kappa shape index (κ2) is 8.04. The van der Waals surface area contributed by atoms with E-state index >= 15 is 0 Å². The summed E-state index contributed by atoms with van der Waals surface area (Å²) in [5, 5.41) is 8.69. The second-order valence-electron chi connectivity index (χ2n) is 8.56. The molecule has 0 N–H and O–H groups in total. The van der Waals surface area contributed by atoms with Gasteiger partial charge in [0, 0.05) is 43.2 Å². The number of nitrogens with zero attached hydrogens (tertiary/aromatic N) is 6. The number of aromatic nitrogens is 6. The third-order valence-corrected chi connectivity index (χ3v) is 5.80. The molecule has 5 aromatic rings. The van der Waals surface area contributed by atoms with Crippen LogP contribution in [0.15, 0.2) is 67.1 Å². The Hall–Kier alpha value is -3.80. The summed E-state index contributed by atoms with van der Waals surface area (Å²) in [4.78, 5) is 9.18. The zero-order chi connectivity index (χ0) is 22.2. The maximum atomic E-state index is 4.61. The van der Waals surface area contributed by atoms with Gasteiger partial charge in [-0.05, 0) is 29.5 Å². The van der Waals surface area contributed by atoms with Gasteiger partial charge in [-0.25, -0.2) is 9.97 Å². The quantitative estimate of drug-likeness (QED) is 0.390. The average Bonchev–Trinajstić information content (AvgIpc) is 3.36. The molecule has 0 saturated carbocycles. The van der Waals surface area contributed by atoms with E-state index in [0.717, 1.165) is 28.5 Å². The summed E-state index contributed by atoms with van der Waals surface area (Å²) in [5.41, 5.74) is 6.87. The minimum atomic E-state index is 0.434. The highest BCUT2D eigenvalue weighted by molar-refractivity contribution is 5.67. The fourth-order valence-electron chi connectivity index (χ4n) is 4.20. The Bertz CT molecular complexity index is 1390. The van der Waals surface area contributed by atoms with Crippen LogP contribution in [0.5, 0.6) is 0 Å². The van der Waals surface area contributed by atoms with Gasteiger partial charge in [-0.3, -0.25) is 4.40 Å². The first kappa shape index (κ1) is 20.1. The maximum Gasteiger partial charge on any atom is 0.254 e.